The number of aromatic nitrogens is 2. The Labute approximate surface area is 179 Å². The summed E-state index contributed by atoms with van der Waals surface area (Å²) in [5, 5.41) is 24.1. The molecule has 0 bridgehead atoms. The summed E-state index contributed by atoms with van der Waals surface area (Å²) in [6.07, 6.45) is 1.60. The van der Waals surface area contributed by atoms with Gasteiger partial charge >= 0.3 is 0 Å². The second kappa shape index (κ2) is 9.46. The van der Waals surface area contributed by atoms with Crippen LogP contribution in [0.1, 0.15) is 30.8 Å². The monoisotopic (exact) mass is 430 g/mol. The third-order valence-corrected chi connectivity index (χ3v) is 5.02. The van der Waals surface area contributed by atoms with Gasteiger partial charge < -0.3 is 25.6 Å². The van der Waals surface area contributed by atoms with E-state index in [1.165, 1.54) is 6.20 Å². The maximum Gasteiger partial charge on any atom is 0.272 e. The lowest BCUT2D eigenvalue weighted by Gasteiger charge is -2.24. The van der Waals surface area contributed by atoms with Crippen molar-refractivity contribution in [3.8, 4) is 0 Å². The number of rotatable bonds is 10. The summed E-state index contributed by atoms with van der Waals surface area (Å²) in [6, 6.07) is 4.79. The summed E-state index contributed by atoms with van der Waals surface area (Å²) in [6.45, 7) is 2.71. The van der Waals surface area contributed by atoms with Gasteiger partial charge in [0.1, 0.15) is 11.7 Å². The van der Waals surface area contributed by atoms with Crippen LogP contribution in [-0.4, -0.2) is 75.3 Å². The molecule has 1 saturated heterocycles. The molecule has 1 aliphatic rings. The first-order valence-corrected chi connectivity index (χ1v) is 10.0. The zero-order valence-corrected chi connectivity index (χ0v) is 17.4. The molecule has 1 aromatic carbocycles. The Morgan fingerprint density at radius 3 is 2.39 bits per heavy atom. The lowest BCUT2D eigenvalue weighted by molar-refractivity contribution is -0.133. The van der Waals surface area contributed by atoms with Crippen LogP contribution in [0.4, 0.5) is 0 Å². The van der Waals surface area contributed by atoms with Crippen molar-refractivity contribution in [3.63, 3.8) is 0 Å². The van der Waals surface area contributed by atoms with Crippen molar-refractivity contribution >= 4 is 28.6 Å². The van der Waals surface area contributed by atoms with E-state index in [2.05, 4.69) is 20.6 Å². The number of benzene rings is 1. The molecular formula is C21H26N4O6. The zero-order chi connectivity index (χ0) is 22.6. The molecule has 2 aromatic rings. The SMILES string of the molecule is CC(C)CC(NC(=O)C(CO)NC(=O)c1cnc2ccccc2n1)C(=O)C1(CO)CO1. The number of epoxide rings is 1. The van der Waals surface area contributed by atoms with Crippen molar-refractivity contribution in [1.82, 2.24) is 20.6 Å². The van der Waals surface area contributed by atoms with Crippen LogP contribution in [0.5, 0.6) is 0 Å². The highest BCUT2D eigenvalue weighted by atomic mass is 16.6. The van der Waals surface area contributed by atoms with Crippen molar-refractivity contribution in [1.29, 1.82) is 0 Å². The van der Waals surface area contributed by atoms with Gasteiger partial charge in [0.25, 0.3) is 5.91 Å². The molecule has 3 rings (SSSR count). The van der Waals surface area contributed by atoms with Crippen molar-refractivity contribution in [2.24, 2.45) is 5.92 Å². The van der Waals surface area contributed by atoms with Crippen molar-refractivity contribution in [2.75, 3.05) is 19.8 Å². The topological polar surface area (TPSA) is 154 Å². The number of amides is 2. The predicted octanol–water partition coefficient (Wildman–Crippen LogP) is -0.418. The van der Waals surface area contributed by atoms with Gasteiger partial charge in [-0.15, -0.1) is 0 Å². The Kier molecular flexibility index (Phi) is 6.94. The largest absolute Gasteiger partial charge is 0.394 e. The molecule has 0 spiro atoms. The molecule has 31 heavy (non-hydrogen) atoms. The number of aliphatic hydroxyl groups is 2. The smallest absolute Gasteiger partial charge is 0.272 e. The first-order valence-electron chi connectivity index (χ1n) is 10.0. The molecule has 10 nitrogen and oxygen atoms in total. The van der Waals surface area contributed by atoms with Gasteiger partial charge in [0.15, 0.2) is 11.4 Å². The van der Waals surface area contributed by atoms with Gasteiger partial charge in [-0.1, -0.05) is 26.0 Å². The lowest BCUT2D eigenvalue weighted by atomic mass is 9.92. The second-order valence-electron chi connectivity index (χ2n) is 7.95. The Balaban J connectivity index is 1.70. The van der Waals surface area contributed by atoms with Gasteiger partial charge in [0.2, 0.25) is 5.91 Å². The summed E-state index contributed by atoms with van der Waals surface area (Å²) in [5.41, 5.74) is -0.164. The van der Waals surface area contributed by atoms with Gasteiger partial charge in [-0.2, -0.15) is 0 Å². The van der Waals surface area contributed by atoms with Gasteiger partial charge in [-0.25, -0.2) is 4.98 Å². The minimum atomic E-state index is -1.30. The highest BCUT2D eigenvalue weighted by molar-refractivity contribution is 6.00. The van der Waals surface area contributed by atoms with Gasteiger partial charge in [-0.3, -0.25) is 19.4 Å². The number of carbonyl (C=O) groups excluding carboxylic acids is 3. The number of fused-ring (bicyclic) bond motifs is 1. The van der Waals surface area contributed by atoms with Crippen LogP contribution in [0.15, 0.2) is 30.5 Å². The molecule has 0 radical (unpaired) electrons. The van der Waals surface area contributed by atoms with Crippen molar-refractivity contribution in [3.05, 3.63) is 36.2 Å². The molecule has 2 amide bonds. The van der Waals surface area contributed by atoms with E-state index in [4.69, 9.17) is 4.74 Å². The van der Waals surface area contributed by atoms with Gasteiger partial charge in [-0.05, 0) is 24.5 Å². The highest BCUT2D eigenvalue weighted by Crippen LogP contribution is 2.30. The van der Waals surface area contributed by atoms with Gasteiger partial charge in [0.05, 0.1) is 43.1 Å². The van der Waals surface area contributed by atoms with Crippen LogP contribution in [0.2, 0.25) is 0 Å². The van der Waals surface area contributed by atoms with E-state index in [0.29, 0.717) is 17.5 Å². The summed E-state index contributed by atoms with van der Waals surface area (Å²) >= 11 is 0. The number of ether oxygens (including phenoxy) is 1. The van der Waals surface area contributed by atoms with E-state index in [9.17, 15) is 24.6 Å². The molecule has 3 unspecified atom stereocenters. The molecule has 1 aliphatic heterocycles. The van der Waals surface area contributed by atoms with Crippen molar-refractivity contribution in [2.45, 2.75) is 38.0 Å². The number of ketones is 1. The van der Waals surface area contributed by atoms with Crippen LogP contribution in [0.3, 0.4) is 0 Å². The third-order valence-electron chi connectivity index (χ3n) is 5.02. The summed E-state index contributed by atoms with van der Waals surface area (Å²) in [7, 11) is 0. The van der Waals surface area contributed by atoms with Crippen LogP contribution in [-0.2, 0) is 14.3 Å². The Morgan fingerprint density at radius 1 is 1.13 bits per heavy atom. The first kappa shape index (κ1) is 22.7. The number of hydrogen-bond acceptors (Lipinski definition) is 8. The third kappa shape index (κ3) is 5.22. The molecule has 4 N–H and O–H groups in total. The Hall–Kier alpha value is -2.95. The average molecular weight is 430 g/mol. The fraction of sp³-hybridized carbons (Fsp3) is 0.476. The highest BCUT2D eigenvalue weighted by Gasteiger charge is 2.54. The molecule has 1 fully saturated rings. The van der Waals surface area contributed by atoms with E-state index < -0.39 is 48.5 Å². The Morgan fingerprint density at radius 2 is 1.81 bits per heavy atom. The van der Waals surface area contributed by atoms with E-state index in [1.807, 2.05) is 13.8 Å². The number of hydrogen-bond donors (Lipinski definition) is 4. The molecule has 3 atom stereocenters. The minimum Gasteiger partial charge on any atom is -0.394 e. The number of aliphatic hydroxyl groups excluding tert-OH is 2. The summed E-state index contributed by atoms with van der Waals surface area (Å²) in [5.74, 6) is -1.77. The molecule has 0 saturated carbocycles. The molecule has 10 heteroatoms. The number of nitrogens with one attached hydrogen (secondary N) is 2. The summed E-state index contributed by atoms with van der Waals surface area (Å²) < 4.78 is 5.11. The first-order chi connectivity index (χ1) is 14.8. The maximum absolute atomic E-state index is 12.7. The average Bonchev–Trinajstić information content (AvgIpc) is 3.56. The standard InChI is InChI=1S/C21H26N4O6/c1-12(2)7-15(18(28)21(10-27)11-31-21)24-20(30)17(9-26)25-19(29)16-8-22-13-5-3-4-6-14(13)23-16/h3-6,8,12,15,17,26-27H,7,9-11H2,1-2H3,(H,24,30)(H,25,29). The number of Topliss-reactive ketones (excluding diaryl/α,β-unsaturated/α-hetero) is 1. The van der Waals surface area contributed by atoms with Crippen LogP contribution in [0.25, 0.3) is 11.0 Å². The van der Waals surface area contributed by atoms with E-state index in [1.54, 1.807) is 24.3 Å². The van der Waals surface area contributed by atoms with Crippen LogP contribution in [0, 0.1) is 5.92 Å². The predicted molar refractivity (Wildman–Crippen MR) is 110 cm³/mol. The van der Waals surface area contributed by atoms with Crippen LogP contribution >= 0.6 is 0 Å². The fourth-order valence-corrected chi connectivity index (χ4v) is 3.18. The van der Waals surface area contributed by atoms with E-state index in [0.717, 1.165) is 0 Å². The molecule has 1 aromatic heterocycles. The number of nitrogens with zero attached hydrogens (tertiary/aromatic N) is 2. The fourth-order valence-electron chi connectivity index (χ4n) is 3.18. The normalized spacial score (nSPS) is 19.6. The van der Waals surface area contributed by atoms with E-state index >= 15 is 0 Å². The Bertz CT molecular complexity index is 975. The number of para-hydroxylation sites is 2. The quantitative estimate of drug-likeness (QED) is 0.371. The molecular weight excluding hydrogens is 404 g/mol. The lowest BCUT2D eigenvalue weighted by Crippen LogP contribution is -2.55. The maximum atomic E-state index is 12.7. The molecule has 0 aliphatic carbocycles. The molecule has 2 heterocycles. The van der Waals surface area contributed by atoms with E-state index in [-0.39, 0.29) is 18.2 Å². The second-order valence-corrected chi connectivity index (χ2v) is 7.95. The zero-order valence-electron chi connectivity index (χ0n) is 17.4. The summed E-state index contributed by atoms with van der Waals surface area (Å²) in [4.78, 5) is 46.4. The minimum absolute atomic E-state index is 0.00892. The molecule has 166 valence electrons. The number of carbonyl (C=O) groups is 3. The van der Waals surface area contributed by atoms with Gasteiger partial charge in [0, 0.05) is 0 Å². The van der Waals surface area contributed by atoms with Crippen molar-refractivity contribution < 1.29 is 29.3 Å². The van der Waals surface area contributed by atoms with Crippen LogP contribution < -0.4 is 10.6 Å².